The van der Waals surface area contributed by atoms with E-state index < -0.39 is 0 Å². The third-order valence-electron chi connectivity index (χ3n) is 4.18. The summed E-state index contributed by atoms with van der Waals surface area (Å²) in [6, 6.07) is 5.83. The quantitative estimate of drug-likeness (QED) is 0.502. The number of ether oxygens (including phenoxy) is 1. The van der Waals surface area contributed by atoms with Crippen molar-refractivity contribution in [3.63, 3.8) is 0 Å². The second-order valence-corrected chi connectivity index (χ2v) is 5.98. The van der Waals surface area contributed by atoms with Crippen LogP contribution in [0.1, 0.15) is 56.3 Å². The molecule has 0 radical (unpaired) electrons. The van der Waals surface area contributed by atoms with Crippen molar-refractivity contribution in [3.8, 4) is 0 Å². The standard InChI is InChI=1S/C17H26N2O2/c1-3-21-17(20)13-8-10-16(15(18)11-13)19-14-6-4-5-12(2)7-9-14/h8,10-12,14,19H,3-7,9,18H2,1-2H3. The van der Waals surface area contributed by atoms with Crippen molar-refractivity contribution >= 4 is 17.3 Å². The van der Waals surface area contributed by atoms with E-state index in [1.165, 1.54) is 32.1 Å². The van der Waals surface area contributed by atoms with Gasteiger partial charge in [0.05, 0.1) is 23.5 Å². The first-order valence-electron chi connectivity index (χ1n) is 7.93. The Morgan fingerprint density at radius 1 is 1.33 bits per heavy atom. The zero-order chi connectivity index (χ0) is 15.2. The van der Waals surface area contributed by atoms with Crippen LogP contribution in [0.3, 0.4) is 0 Å². The molecule has 0 aromatic heterocycles. The Bertz CT molecular complexity index is 488. The maximum absolute atomic E-state index is 11.7. The summed E-state index contributed by atoms with van der Waals surface area (Å²) in [5.41, 5.74) is 8.11. The fourth-order valence-electron chi connectivity index (χ4n) is 2.89. The maximum Gasteiger partial charge on any atom is 0.338 e. The van der Waals surface area contributed by atoms with Crippen LogP contribution in [0.15, 0.2) is 18.2 Å². The van der Waals surface area contributed by atoms with Gasteiger partial charge in [0.1, 0.15) is 0 Å². The molecule has 4 heteroatoms. The topological polar surface area (TPSA) is 64.3 Å². The summed E-state index contributed by atoms with van der Waals surface area (Å²) in [5, 5.41) is 3.53. The highest BCUT2D eigenvalue weighted by Gasteiger charge is 2.17. The lowest BCUT2D eigenvalue weighted by atomic mass is 10.0. The van der Waals surface area contributed by atoms with E-state index in [4.69, 9.17) is 10.5 Å². The van der Waals surface area contributed by atoms with E-state index in [1.807, 2.05) is 6.07 Å². The second kappa shape index (κ2) is 7.34. The normalized spacial score (nSPS) is 22.4. The Morgan fingerprint density at radius 2 is 2.14 bits per heavy atom. The molecule has 0 spiro atoms. The molecule has 2 atom stereocenters. The Morgan fingerprint density at radius 3 is 2.86 bits per heavy atom. The number of benzene rings is 1. The van der Waals surface area contributed by atoms with Gasteiger partial charge in [0, 0.05) is 6.04 Å². The van der Waals surface area contributed by atoms with E-state index in [-0.39, 0.29) is 5.97 Å². The first kappa shape index (κ1) is 15.7. The number of hydrogen-bond acceptors (Lipinski definition) is 4. The van der Waals surface area contributed by atoms with Crippen LogP contribution in [-0.2, 0) is 4.74 Å². The number of esters is 1. The molecule has 2 rings (SSSR count). The van der Waals surface area contributed by atoms with Crippen molar-refractivity contribution in [2.45, 2.75) is 52.0 Å². The molecule has 0 heterocycles. The van der Waals surface area contributed by atoms with Crippen LogP contribution in [0.4, 0.5) is 11.4 Å². The molecule has 21 heavy (non-hydrogen) atoms. The molecule has 1 aliphatic carbocycles. The number of nitrogen functional groups attached to an aromatic ring is 1. The number of anilines is 2. The van der Waals surface area contributed by atoms with Gasteiger partial charge >= 0.3 is 5.97 Å². The van der Waals surface area contributed by atoms with Crippen molar-refractivity contribution in [1.82, 2.24) is 0 Å². The van der Waals surface area contributed by atoms with Gasteiger partial charge < -0.3 is 15.8 Å². The van der Waals surface area contributed by atoms with Crippen LogP contribution in [0.25, 0.3) is 0 Å². The monoisotopic (exact) mass is 290 g/mol. The molecular formula is C17H26N2O2. The highest BCUT2D eigenvalue weighted by molar-refractivity contribution is 5.91. The zero-order valence-corrected chi connectivity index (χ0v) is 13.0. The summed E-state index contributed by atoms with van der Waals surface area (Å²) >= 11 is 0. The van der Waals surface area contributed by atoms with Crippen molar-refractivity contribution in [3.05, 3.63) is 23.8 Å². The fraction of sp³-hybridized carbons (Fsp3) is 0.588. The van der Waals surface area contributed by atoms with E-state index in [0.717, 1.165) is 11.6 Å². The summed E-state index contributed by atoms with van der Waals surface area (Å²) < 4.78 is 4.99. The highest BCUT2D eigenvalue weighted by Crippen LogP contribution is 2.27. The number of nitrogens with one attached hydrogen (secondary N) is 1. The average Bonchev–Trinajstić information content (AvgIpc) is 2.66. The number of rotatable bonds is 4. The van der Waals surface area contributed by atoms with Gasteiger partial charge in [0.15, 0.2) is 0 Å². The first-order chi connectivity index (χ1) is 10.1. The lowest BCUT2D eigenvalue weighted by molar-refractivity contribution is 0.0526. The van der Waals surface area contributed by atoms with Gasteiger partial charge in [-0.15, -0.1) is 0 Å². The minimum Gasteiger partial charge on any atom is -0.462 e. The minimum absolute atomic E-state index is 0.320. The zero-order valence-electron chi connectivity index (χ0n) is 13.0. The smallest absolute Gasteiger partial charge is 0.338 e. The molecule has 2 unspecified atom stereocenters. The molecule has 1 fully saturated rings. The molecule has 1 saturated carbocycles. The van der Waals surface area contributed by atoms with Crippen molar-refractivity contribution in [2.24, 2.45) is 5.92 Å². The summed E-state index contributed by atoms with van der Waals surface area (Å²) in [4.78, 5) is 11.7. The highest BCUT2D eigenvalue weighted by atomic mass is 16.5. The Hall–Kier alpha value is -1.71. The van der Waals surface area contributed by atoms with Crippen molar-refractivity contribution in [1.29, 1.82) is 0 Å². The predicted octanol–water partition coefficient (Wildman–Crippen LogP) is 3.83. The molecule has 0 aliphatic heterocycles. The molecule has 1 aromatic rings. The average molecular weight is 290 g/mol. The van der Waals surface area contributed by atoms with Crippen LogP contribution in [0, 0.1) is 5.92 Å². The predicted molar refractivity (Wildman–Crippen MR) is 86.5 cm³/mol. The van der Waals surface area contributed by atoms with Gasteiger partial charge in [-0.25, -0.2) is 4.79 Å². The summed E-state index contributed by atoms with van der Waals surface area (Å²) in [5.74, 6) is 0.499. The van der Waals surface area contributed by atoms with E-state index in [9.17, 15) is 4.79 Å². The number of carbonyl (C=O) groups is 1. The first-order valence-corrected chi connectivity index (χ1v) is 7.93. The molecule has 116 valence electrons. The van der Waals surface area contributed by atoms with Crippen molar-refractivity contribution in [2.75, 3.05) is 17.7 Å². The lowest BCUT2D eigenvalue weighted by Crippen LogP contribution is -2.19. The van der Waals surface area contributed by atoms with E-state index in [2.05, 4.69) is 12.2 Å². The van der Waals surface area contributed by atoms with Gasteiger partial charge in [-0.2, -0.15) is 0 Å². The van der Waals surface area contributed by atoms with E-state index in [0.29, 0.717) is 23.9 Å². The molecule has 3 N–H and O–H groups in total. The van der Waals surface area contributed by atoms with Crippen LogP contribution >= 0.6 is 0 Å². The van der Waals surface area contributed by atoms with Crippen molar-refractivity contribution < 1.29 is 9.53 Å². The van der Waals surface area contributed by atoms with Gasteiger partial charge in [-0.05, 0) is 50.3 Å². The number of carbonyl (C=O) groups excluding carboxylic acids is 1. The number of hydrogen-bond donors (Lipinski definition) is 2. The summed E-state index contributed by atoms with van der Waals surface area (Å²) in [6.07, 6.45) is 6.21. The molecule has 4 nitrogen and oxygen atoms in total. The van der Waals surface area contributed by atoms with E-state index >= 15 is 0 Å². The molecule has 1 aromatic carbocycles. The summed E-state index contributed by atoms with van der Waals surface area (Å²) in [6.45, 7) is 4.49. The Labute approximate surface area is 127 Å². The maximum atomic E-state index is 11.7. The number of nitrogens with two attached hydrogens (primary N) is 1. The lowest BCUT2D eigenvalue weighted by Gasteiger charge is -2.19. The Kier molecular flexibility index (Phi) is 5.48. The minimum atomic E-state index is -0.320. The third-order valence-corrected chi connectivity index (χ3v) is 4.18. The third kappa shape index (κ3) is 4.38. The van der Waals surface area contributed by atoms with Gasteiger partial charge in [0.2, 0.25) is 0 Å². The largest absolute Gasteiger partial charge is 0.462 e. The van der Waals surface area contributed by atoms with Gasteiger partial charge in [0.25, 0.3) is 0 Å². The second-order valence-electron chi connectivity index (χ2n) is 5.98. The molecule has 0 bridgehead atoms. The molecule has 0 saturated heterocycles. The van der Waals surface area contributed by atoms with Crippen LogP contribution < -0.4 is 11.1 Å². The molecule has 0 amide bonds. The van der Waals surface area contributed by atoms with Crippen LogP contribution in [-0.4, -0.2) is 18.6 Å². The molecular weight excluding hydrogens is 264 g/mol. The SMILES string of the molecule is CCOC(=O)c1ccc(NC2CCCC(C)CC2)c(N)c1. The van der Waals surface area contributed by atoms with Crippen LogP contribution in [0.5, 0.6) is 0 Å². The summed E-state index contributed by atoms with van der Waals surface area (Å²) in [7, 11) is 0. The fourth-order valence-corrected chi connectivity index (χ4v) is 2.89. The van der Waals surface area contributed by atoms with E-state index in [1.54, 1.807) is 19.1 Å². The van der Waals surface area contributed by atoms with Gasteiger partial charge in [-0.1, -0.05) is 19.8 Å². The molecule has 1 aliphatic rings. The van der Waals surface area contributed by atoms with Crippen LogP contribution in [0.2, 0.25) is 0 Å². The Balaban J connectivity index is 2.02. The van der Waals surface area contributed by atoms with Gasteiger partial charge in [-0.3, -0.25) is 0 Å².